The molecule has 1 aliphatic heterocycles. The fraction of sp³-hybridized carbons (Fsp3) is 0.435. The van der Waals surface area contributed by atoms with Crippen LogP contribution in [-0.2, 0) is 0 Å². The zero-order chi connectivity index (χ0) is 21.1. The fourth-order valence-electron chi connectivity index (χ4n) is 3.97. The van der Waals surface area contributed by atoms with Crippen molar-refractivity contribution in [3.63, 3.8) is 0 Å². The number of ether oxygens (including phenoxy) is 1. The molecule has 1 heterocycles. The van der Waals surface area contributed by atoms with Gasteiger partial charge in [-0.15, -0.1) is 0 Å². The molecule has 2 aromatic rings. The number of hydrogen-bond donors (Lipinski definition) is 1. The quantitative estimate of drug-likeness (QED) is 0.555. The third-order valence-electron chi connectivity index (χ3n) is 5.82. The van der Waals surface area contributed by atoms with Gasteiger partial charge in [0.25, 0.3) is 5.91 Å². The molecule has 1 saturated carbocycles. The second-order valence-electron chi connectivity index (χ2n) is 8.00. The average Bonchev–Trinajstić information content (AvgIpc) is 3.58. The first kappa shape index (κ1) is 21.3. The van der Waals surface area contributed by atoms with E-state index in [0.29, 0.717) is 24.2 Å². The number of anilines is 1. The van der Waals surface area contributed by atoms with Gasteiger partial charge in [-0.3, -0.25) is 9.52 Å². The number of benzene rings is 2. The van der Waals surface area contributed by atoms with Crippen molar-refractivity contribution in [1.82, 2.24) is 4.72 Å². The van der Waals surface area contributed by atoms with Crippen molar-refractivity contribution < 1.29 is 13.9 Å². The Morgan fingerprint density at radius 2 is 2.00 bits per heavy atom. The van der Waals surface area contributed by atoms with E-state index in [2.05, 4.69) is 15.7 Å². The summed E-state index contributed by atoms with van der Waals surface area (Å²) in [6, 6.07) is 11.0. The van der Waals surface area contributed by atoms with Crippen LogP contribution in [0.3, 0.4) is 0 Å². The maximum Gasteiger partial charge on any atom is 0.264 e. The molecular weight excluding hydrogens is 423 g/mol. The molecule has 0 spiro atoms. The minimum absolute atomic E-state index is 0.0911. The van der Waals surface area contributed by atoms with E-state index in [1.54, 1.807) is 12.3 Å². The molecule has 30 heavy (non-hydrogen) atoms. The summed E-state index contributed by atoms with van der Waals surface area (Å²) in [5.41, 5.74) is 2.20. The number of amides is 1. The summed E-state index contributed by atoms with van der Waals surface area (Å²) in [6.07, 6.45) is 5.89. The third-order valence-corrected chi connectivity index (χ3v) is 6.44. The topological polar surface area (TPSA) is 41.6 Å². The summed E-state index contributed by atoms with van der Waals surface area (Å²) in [5, 5.41) is 0.752. The molecular formula is C23H26ClFN2O2S. The number of piperidine rings is 1. The van der Waals surface area contributed by atoms with Crippen LogP contribution in [0.4, 0.5) is 10.1 Å². The van der Waals surface area contributed by atoms with E-state index in [9.17, 15) is 9.18 Å². The average molecular weight is 449 g/mol. The molecule has 4 nitrogen and oxygen atoms in total. The zero-order valence-electron chi connectivity index (χ0n) is 17.0. The Morgan fingerprint density at radius 1 is 1.23 bits per heavy atom. The molecule has 0 bridgehead atoms. The van der Waals surface area contributed by atoms with Crippen molar-refractivity contribution in [3.05, 3.63) is 58.4 Å². The lowest BCUT2D eigenvalue weighted by molar-refractivity contribution is 0.0980. The molecule has 1 amide bonds. The van der Waals surface area contributed by atoms with Gasteiger partial charge in [-0.25, -0.2) is 4.39 Å². The number of carbonyl (C=O) groups is 1. The second-order valence-corrected chi connectivity index (χ2v) is 9.05. The molecule has 160 valence electrons. The molecule has 0 radical (unpaired) electrons. The minimum atomic E-state index is -0.531. The largest absolute Gasteiger partial charge is 0.493 e. The van der Waals surface area contributed by atoms with Crippen LogP contribution < -0.4 is 14.4 Å². The summed E-state index contributed by atoms with van der Waals surface area (Å²) in [6.45, 7) is 2.47. The summed E-state index contributed by atoms with van der Waals surface area (Å²) < 4.78 is 23.3. The van der Waals surface area contributed by atoms with Gasteiger partial charge in [0.05, 0.1) is 12.2 Å². The Balaban J connectivity index is 1.38. The van der Waals surface area contributed by atoms with Crippen LogP contribution in [0.2, 0.25) is 5.02 Å². The van der Waals surface area contributed by atoms with Gasteiger partial charge >= 0.3 is 0 Å². The van der Waals surface area contributed by atoms with Crippen LogP contribution in [0.1, 0.15) is 47.5 Å². The molecule has 0 aromatic heterocycles. The summed E-state index contributed by atoms with van der Waals surface area (Å²) >= 11 is 7.28. The van der Waals surface area contributed by atoms with Crippen LogP contribution in [0.25, 0.3) is 0 Å². The van der Waals surface area contributed by atoms with Crippen molar-refractivity contribution in [2.24, 2.45) is 5.92 Å². The maximum atomic E-state index is 14.6. The van der Waals surface area contributed by atoms with Gasteiger partial charge in [-0.1, -0.05) is 29.6 Å². The van der Waals surface area contributed by atoms with Crippen LogP contribution >= 0.6 is 23.5 Å². The van der Waals surface area contributed by atoms with E-state index < -0.39 is 11.7 Å². The van der Waals surface area contributed by atoms with Gasteiger partial charge in [0, 0.05) is 36.1 Å². The van der Waals surface area contributed by atoms with E-state index in [1.165, 1.54) is 18.0 Å². The summed E-state index contributed by atoms with van der Waals surface area (Å²) in [7, 11) is 0. The smallest absolute Gasteiger partial charge is 0.264 e. The Morgan fingerprint density at radius 3 is 2.67 bits per heavy atom. The van der Waals surface area contributed by atoms with E-state index in [0.717, 1.165) is 55.0 Å². The standard InChI is InChI=1S/C23H26ClFN2O2S/c1-30-26-23(28)20-12-19(16-5-6-16)22(13-21(20)25)29-14-15-7-9-27(10-8-15)18-4-2-3-17(24)11-18/h2-4,11-13,15-16H,5-10,14H2,1H3,(H,26,28). The Bertz CT molecular complexity index is 914. The van der Waals surface area contributed by atoms with Gasteiger partial charge in [0.15, 0.2) is 0 Å². The van der Waals surface area contributed by atoms with E-state index in [4.69, 9.17) is 16.3 Å². The van der Waals surface area contributed by atoms with Crippen molar-refractivity contribution in [2.45, 2.75) is 31.6 Å². The third kappa shape index (κ3) is 5.03. The first-order chi connectivity index (χ1) is 14.5. The van der Waals surface area contributed by atoms with Crippen LogP contribution in [0.5, 0.6) is 5.75 Å². The number of carbonyl (C=O) groups excluding carboxylic acids is 1. The summed E-state index contributed by atoms with van der Waals surface area (Å²) in [5.74, 6) is 0.452. The fourth-order valence-corrected chi connectivity index (χ4v) is 4.45. The van der Waals surface area contributed by atoms with Crippen molar-refractivity contribution in [3.8, 4) is 5.75 Å². The Kier molecular flexibility index (Phi) is 6.74. The SMILES string of the molecule is CSNC(=O)c1cc(C2CC2)c(OCC2CCN(c3cccc(Cl)c3)CC2)cc1F. The van der Waals surface area contributed by atoms with Crippen molar-refractivity contribution in [1.29, 1.82) is 0 Å². The number of hydrogen-bond acceptors (Lipinski definition) is 4. The molecule has 7 heteroatoms. The molecule has 1 aliphatic carbocycles. The number of rotatable bonds is 7. The van der Waals surface area contributed by atoms with E-state index in [1.807, 2.05) is 18.2 Å². The van der Waals surface area contributed by atoms with Gasteiger partial charge in [-0.2, -0.15) is 0 Å². The van der Waals surface area contributed by atoms with Crippen LogP contribution in [0.15, 0.2) is 36.4 Å². The first-order valence-corrected chi connectivity index (χ1v) is 12.0. The lowest BCUT2D eigenvalue weighted by atomic mass is 9.97. The normalized spacial score (nSPS) is 17.1. The Labute approximate surface area is 186 Å². The van der Waals surface area contributed by atoms with Gasteiger partial charge < -0.3 is 9.64 Å². The van der Waals surface area contributed by atoms with E-state index >= 15 is 0 Å². The number of nitrogens with zero attached hydrogens (tertiary/aromatic N) is 1. The predicted molar refractivity (Wildman–Crippen MR) is 121 cm³/mol. The number of nitrogens with one attached hydrogen (secondary N) is 1. The monoisotopic (exact) mass is 448 g/mol. The van der Waals surface area contributed by atoms with E-state index in [-0.39, 0.29) is 5.56 Å². The molecule has 0 atom stereocenters. The van der Waals surface area contributed by atoms with Crippen molar-refractivity contribution in [2.75, 3.05) is 30.9 Å². The molecule has 2 fully saturated rings. The van der Waals surface area contributed by atoms with Crippen LogP contribution in [0, 0.1) is 11.7 Å². The lowest BCUT2D eigenvalue weighted by Gasteiger charge is -2.33. The summed E-state index contributed by atoms with van der Waals surface area (Å²) in [4.78, 5) is 14.5. The molecule has 1 N–H and O–H groups in total. The van der Waals surface area contributed by atoms with Crippen molar-refractivity contribution >= 4 is 35.1 Å². The highest BCUT2D eigenvalue weighted by Crippen LogP contribution is 2.45. The number of halogens is 2. The molecule has 2 aromatic carbocycles. The lowest BCUT2D eigenvalue weighted by Crippen LogP contribution is -2.35. The zero-order valence-corrected chi connectivity index (χ0v) is 18.6. The van der Waals surface area contributed by atoms with Crippen LogP contribution in [-0.4, -0.2) is 31.9 Å². The highest BCUT2D eigenvalue weighted by molar-refractivity contribution is 7.97. The Hall–Kier alpha value is -1.92. The molecule has 0 unspecified atom stereocenters. The minimum Gasteiger partial charge on any atom is -0.493 e. The highest BCUT2D eigenvalue weighted by Gasteiger charge is 2.30. The second kappa shape index (κ2) is 9.48. The highest BCUT2D eigenvalue weighted by atomic mass is 35.5. The molecule has 2 aliphatic rings. The van der Waals surface area contributed by atoms with Gasteiger partial charge in [0.2, 0.25) is 0 Å². The maximum absolute atomic E-state index is 14.6. The van der Waals surface area contributed by atoms with Gasteiger partial charge in [-0.05, 0) is 67.3 Å². The predicted octanol–water partition coefficient (Wildman–Crippen LogP) is 5.66. The van der Waals surface area contributed by atoms with Gasteiger partial charge in [0.1, 0.15) is 11.6 Å². The molecule has 4 rings (SSSR count). The first-order valence-electron chi connectivity index (χ1n) is 10.3. The molecule has 1 saturated heterocycles.